The molecule has 3 heteroatoms. The first-order valence-corrected chi connectivity index (χ1v) is 5.28. The Kier molecular flexibility index (Phi) is 2.25. The Labute approximate surface area is 86.4 Å². The molecule has 1 aromatic heterocycles. The van der Waals surface area contributed by atoms with Gasteiger partial charge < -0.3 is 4.57 Å². The molecule has 0 aliphatic carbocycles. The van der Waals surface area contributed by atoms with Crippen molar-refractivity contribution in [3.63, 3.8) is 0 Å². The molecule has 0 bridgehead atoms. The Morgan fingerprint density at radius 3 is 2.36 bits per heavy atom. The molecule has 0 radical (unpaired) electrons. The maximum atomic E-state index is 11.3. The van der Waals surface area contributed by atoms with Crippen LogP contribution in [-0.2, 0) is 7.05 Å². The minimum absolute atomic E-state index is 0.0839. The van der Waals surface area contributed by atoms with Crippen molar-refractivity contribution in [2.75, 3.05) is 0 Å². The molecule has 0 atom stereocenters. The highest BCUT2D eigenvalue weighted by Gasteiger charge is 2.04. The predicted molar refractivity (Wildman–Crippen MR) is 59.7 cm³/mol. The van der Waals surface area contributed by atoms with Crippen LogP contribution in [0, 0.1) is 6.92 Å². The monoisotopic (exact) mass is 205 g/mol. The lowest BCUT2D eigenvalue weighted by Gasteiger charge is -2.01. The molecule has 0 fully saturated rings. The minimum atomic E-state index is 0.0839. The fraction of sp³-hybridized carbons (Fsp3) is 0.182. The van der Waals surface area contributed by atoms with Crippen molar-refractivity contribution in [3.05, 3.63) is 44.9 Å². The van der Waals surface area contributed by atoms with Crippen LogP contribution in [0.4, 0.5) is 0 Å². The van der Waals surface area contributed by atoms with Crippen LogP contribution >= 0.6 is 11.3 Å². The molecule has 72 valence electrons. The minimum Gasteiger partial charge on any atom is -0.302 e. The quantitative estimate of drug-likeness (QED) is 0.700. The molecule has 1 heterocycles. The third-order valence-corrected chi connectivity index (χ3v) is 3.07. The molecule has 0 unspecified atom stereocenters. The fourth-order valence-corrected chi connectivity index (χ4v) is 2.11. The third kappa shape index (κ3) is 1.51. The van der Waals surface area contributed by atoms with E-state index < -0.39 is 0 Å². The Morgan fingerprint density at radius 1 is 1.21 bits per heavy atom. The number of thiazole rings is 1. The molecule has 0 N–H and O–H groups in total. The van der Waals surface area contributed by atoms with Crippen molar-refractivity contribution in [3.8, 4) is 11.3 Å². The number of hydrogen-bond acceptors (Lipinski definition) is 2. The Balaban J connectivity index is 2.55. The number of benzene rings is 1. The molecule has 0 aliphatic heterocycles. The summed E-state index contributed by atoms with van der Waals surface area (Å²) >= 11 is 1.24. The zero-order valence-electron chi connectivity index (χ0n) is 8.15. The van der Waals surface area contributed by atoms with Gasteiger partial charge in [0.25, 0.3) is 0 Å². The van der Waals surface area contributed by atoms with Gasteiger partial charge in [-0.3, -0.25) is 4.79 Å². The summed E-state index contributed by atoms with van der Waals surface area (Å²) in [6.07, 6.45) is 0. The standard InChI is InChI=1S/C11H11NOS/c1-8-3-5-9(6-4-8)10-7-14-11(13)12(10)2/h3-7H,1-2H3. The number of aromatic nitrogens is 1. The van der Waals surface area contributed by atoms with Crippen LogP contribution in [0.25, 0.3) is 11.3 Å². The van der Waals surface area contributed by atoms with E-state index in [1.807, 2.05) is 17.5 Å². The second-order valence-corrected chi connectivity index (χ2v) is 4.13. The lowest BCUT2D eigenvalue weighted by atomic mass is 10.1. The second kappa shape index (κ2) is 3.42. The third-order valence-electron chi connectivity index (χ3n) is 2.25. The van der Waals surface area contributed by atoms with Gasteiger partial charge >= 0.3 is 4.87 Å². The summed E-state index contributed by atoms with van der Waals surface area (Å²) < 4.78 is 1.68. The smallest absolute Gasteiger partial charge is 0.302 e. The van der Waals surface area contributed by atoms with Crippen LogP contribution in [-0.4, -0.2) is 4.57 Å². The largest absolute Gasteiger partial charge is 0.307 e. The van der Waals surface area contributed by atoms with Crippen LogP contribution < -0.4 is 4.87 Å². The summed E-state index contributed by atoms with van der Waals surface area (Å²) in [5.41, 5.74) is 3.31. The molecule has 2 rings (SSSR count). The number of nitrogens with zero attached hydrogens (tertiary/aromatic N) is 1. The van der Waals surface area contributed by atoms with E-state index in [4.69, 9.17) is 0 Å². The average molecular weight is 205 g/mol. The van der Waals surface area contributed by atoms with Gasteiger partial charge in [-0.05, 0) is 12.5 Å². The number of rotatable bonds is 1. The second-order valence-electron chi connectivity index (χ2n) is 3.31. The SMILES string of the molecule is Cc1ccc(-c2csc(=O)n2C)cc1. The molecule has 2 aromatic rings. The van der Waals surface area contributed by atoms with Crippen LogP contribution in [0.3, 0.4) is 0 Å². The average Bonchev–Trinajstić information content (AvgIpc) is 2.50. The highest BCUT2D eigenvalue weighted by molar-refractivity contribution is 7.07. The first kappa shape index (κ1) is 9.21. The summed E-state index contributed by atoms with van der Waals surface area (Å²) in [5, 5.41) is 1.90. The lowest BCUT2D eigenvalue weighted by Crippen LogP contribution is -2.08. The highest BCUT2D eigenvalue weighted by atomic mass is 32.1. The van der Waals surface area contributed by atoms with Gasteiger partial charge in [-0.2, -0.15) is 0 Å². The first-order chi connectivity index (χ1) is 6.68. The van der Waals surface area contributed by atoms with Gasteiger partial charge in [0.1, 0.15) is 0 Å². The first-order valence-electron chi connectivity index (χ1n) is 4.40. The summed E-state index contributed by atoms with van der Waals surface area (Å²) in [6.45, 7) is 2.05. The van der Waals surface area contributed by atoms with E-state index in [1.54, 1.807) is 11.6 Å². The van der Waals surface area contributed by atoms with Crippen LogP contribution in [0.15, 0.2) is 34.4 Å². The molecule has 0 spiro atoms. The van der Waals surface area contributed by atoms with Gasteiger partial charge in [-0.15, -0.1) is 0 Å². The Hall–Kier alpha value is -1.35. The van der Waals surface area contributed by atoms with Crippen LogP contribution in [0.2, 0.25) is 0 Å². The van der Waals surface area contributed by atoms with Gasteiger partial charge in [-0.1, -0.05) is 41.2 Å². The van der Waals surface area contributed by atoms with Gasteiger partial charge in [0.2, 0.25) is 0 Å². The maximum absolute atomic E-state index is 11.3. The van der Waals surface area contributed by atoms with Gasteiger partial charge in [0.05, 0.1) is 5.69 Å². The Morgan fingerprint density at radius 2 is 1.86 bits per heavy atom. The fourth-order valence-electron chi connectivity index (χ4n) is 1.35. The van der Waals surface area contributed by atoms with Crippen molar-refractivity contribution >= 4 is 11.3 Å². The van der Waals surface area contributed by atoms with E-state index in [0.29, 0.717) is 0 Å². The summed E-state index contributed by atoms with van der Waals surface area (Å²) in [5.74, 6) is 0. The molecule has 0 saturated carbocycles. The van der Waals surface area contributed by atoms with Crippen molar-refractivity contribution in [2.24, 2.45) is 7.05 Å². The molecule has 14 heavy (non-hydrogen) atoms. The molecular formula is C11H11NOS. The van der Waals surface area contributed by atoms with Crippen molar-refractivity contribution in [1.29, 1.82) is 0 Å². The maximum Gasteiger partial charge on any atom is 0.307 e. The molecule has 0 amide bonds. The lowest BCUT2D eigenvalue weighted by molar-refractivity contribution is 0.906. The molecule has 0 saturated heterocycles. The van der Waals surface area contributed by atoms with Crippen molar-refractivity contribution < 1.29 is 0 Å². The number of aryl methyl sites for hydroxylation is 1. The molecule has 0 aliphatic rings. The van der Waals surface area contributed by atoms with E-state index in [9.17, 15) is 4.79 Å². The zero-order valence-corrected chi connectivity index (χ0v) is 8.97. The topological polar surface area (TPSA) is 22.0 Å². The normalized spacial score (nSPS) is 10.4. The van der Waals surface area contributed by atoms with Gasteiger partial charge in [0, 0.05) is 12.4 Å². The van der Waals surface area contributed by atoms with E-state index in [-0.39, 0.29) is 4.87 Å². The zero-order chi connectivity index (χ0) is 10.1. The molecular weight excluding hydrogens is 194 g/mol. The highest BCUT2D eigenvalue weighted by Crippen LogP contribution is 2.19. The predicted octanol–water partition coefficient (Wildman–Crippen LogP) is 2.42. The Bertz CT molecular complexity index is 493. The number of hydrogen-bond donors (Lipinski definition) is 0. The van der Waals surface area contributed by atoms with E-state index in [0.717, 1.165) is 11.3 Å². The van der Waals surface area contributed by atoms with E-state index in [1.165, 1.54) is 16.9 Å². The van der Waals surface area contributed by atoms with E-state index in [2.05, 4.69) is 19.1 Å². The van der Waals surface area contributed by atoms with Crippen molar-refractivity contribution in [1.82, 2.24) is 4.57 Å². The van der Waals surface area contributed by atoms with Gasteiger partial charge in [0.15, 0.2) is 0 Å². The van der Waals surface area contributed by atoms with Crippen molar-refractivity contribution in [2.45, 2.75) is 6.92 Å². The van der Waals surface area contributed by atoms with Crippen LogP contribution in [0.5, 0.6) is 0 Å². The summed E-state index contributed by atoms with van der Waals surface area (Å²) in [4.78, 5) is 11.3. The van der Waals surface area contributed by atoms with Gasteiger partial charge in [-0.25, -0.2) is 0 Å². The van der Waals surface area contributed by atoms with E-state index >= 15 is 0 Å². The molecule has 1 aromatic carbocycles. The molecule has 2 nitrogen and oxygen atoms in total. The summed E-state index contributed by atoms with van der Waals surface area (Å²) in [7, 11) is 1.80. The van der Waals surface area contributed by atoms with Crippen LogP contribution in [0.1, 0.15) is 5.56 Å². The summed E-state index contributed by atoms with van der Waals surface area (Å²) in [6, 6.07) is 8.18.